The third kappa shape index (κ3) is 10.6. The predicted octanol–water partition coefficient (Wildman–Crippen LogP) is 3.67. The van der Waals surface area contributed by atoms with E-state index in [1.807, 2.05) is 30.3 Å². The summed E-state index contributed by atoms with van der Waals surface area (Å²) in [6.07, 6.45) is 0. The van der Waals surface area contributed by atoms with Gasteiger partial charge in [0.05, 0.1) is 0 Å². The quantitative estimate of drug-likeness (QED) is 0.495. The molecule has 1 aromatic carbocycles. The molecule has 0 unspecified atom stereocenters. The molecule has 0 N–H and O–H groups in total. The van der Waals surface area contributed by atoms with Crippen LogP contribution in [0.2, 0.25) is 0 Å². The van der Waals surface area contributed by atoms with Crippen LogP contribution in [0.1, 0.15) is 5.56 Å². The van der Waals surface area contributed by atoms with Gasteiger partial charge >= 0.3 is 34.5 Å². The van der Waals surface area contributed by atoms with E-state index in [2.05, 4.69) is 6.92 Å². The van der Waals surface area contributed by atoms with Gasteiger partial charge in [-0.3, -0.25) is 0 Å². The van der Waals surface area contributed by atoms with E-state index in [-0.39, 0.29) is 12.4 Å². The Labute approximate surface area is 89.4 Å². The van der Waals surface area contributed by atoms with Crippen LogP contribution in [0.4, 0.5) is 0 Å². The summed E-state index contributed by atoms with van der Waals surface area (Å²) >= 11 is -0.931. The third-order valence-electron chi connectivity index (χ3n) is 0.843. The number of rotatable bonds is 0. The van der Waals surface area contributed by atoms with Crippen molar-refractivity contribution in [2.75, 3.05) is 0 Å². The summed E-state index contributed by atoms with van der Waals surface area (Å²) < 4.78 is 0. The zero-order valence-corrected chi connectivity index (χ0v) is 11.3. The molecule has 0 fully saturated rings. The Morgan fingerprint density at radius 3 is 1.64 bits per heavy atom. The molecular weight excluding hydrogens is 256 g/mol. The molecule has 0 atom stereocenters. The molecule has 0 aliphatic heterocycles. The Morgan fingerprint density at radius 2 is 1.45 bits per heavy atom. The molecular formula is C7H8Cl3Zn-. The van der Waals surface area contributed by atoms with Gasteiger partial charge in [0.25, 0.3) is 0 Å². The van der Waals surface area contributed by atoms with E-state index < -0.39 is 15.1 Å². The van der Waals surface area contributed by atoms with Crippen LogP contribution in [0.15, 0.2) is 30.3 Å². The molecule has 0 heterocycles. The van der Waals surface area contributed by atoms with Crippen LogP contribution in [-0.4, -0.2) is 0 Å². The van der Waals surface area contributed by atoms with Crippen LogP contribution in [-0.2, 0) is 15.1 Å². The van der Waals surface area contributed by atoms with E-state index >= 15 is 0 Å². The average Bonchev–Trinajstić information content (AvgIpc) is 1.91. The molecule has 0 radical (unpaired) electrons. The van der Waals surface area contributed by atoms with E-state index in [4.69, 9.17) is 19.4 Å². The maximum absolute atomic E-state index is 4.95. The first kappa shape index (κ1) is 14.1. The van der Waals surface area contributed by atoms with Gasteiger partial charge in [0.2, 0.25) is 0 Å². The topological polar surface area (TPSA) is 0 Å². The van der Waals surface area contributed by atoms with Gasteiger partial charge < -0.3 is 0 Å². The zero-order chi connectivity index (χ0) is 7.82. The van der Waals surface area contributed by atoms with Crippen molar-refractivity contribution in [3.05, 3.63) is 42.8 Å². The number of benzene rings is 1. The summed E-state index contributed by atoms with van der Waals surface area (Å²) in [5.41, 5.74) is 1.07. The van der Waals surface area contributed by atoms with Gasteiger partial charge in [0.1, 0.15) is 0 Å². The summed E-state index contributed by atoms with van der Waals surface area (Å²) in [6, 6.07) is 9.87. The molecule has 0 spiro atoms. The molecule has 0 nitrogen and oxygen atoms in total. The molecule has 0 amide bonds. The minimum atomic E-state index is -0.931. The van der Waals surface area contributed by atoms with E-state index in [1.165, 1.54) is 0 Å². The third-order valence-corrected chi connectivity index (χ3v) is 0.843. The van der Waals surface area contributed by atoms with Crippen LogP contribution >= 0.6 is 31.8 Å². The van der Waals surface area contributed by atoms with Crippen LogP contribution in [0, 0.1) is 6.92 Å². The van der Waals surface area contributed by atoms with Gasteiger partial charge in [0.15, 0.2) is 0 Å². The van der Waals surface area contributed by atoms with Gasteiger partial charge in [-0.2, -0.15) is 24.6 Å². The van der Waals surface area contributed by atoms with Crippen molar-refractivity contribution < 1.29 is 15.1 Å². The average molecular weight is 264 g/mol. The second-order valence-corrected chi connectivity index (χ2v) is 6.21. The first-order valence-electron chi connectivity index (χ1n) is 2.80. The SMILES string of the molecule is Cl.[CH2-]c1ccccc1.[Cl][Zn][Cl]. The molecule has 0 aromatic heterocycles. The van der Waals surface area contributed by atoms with Crippen molar-refractivity contribution in [1.29, 1.82) is 0 Å². The molecule has 11 heavy (non-hydrogen) atoms. The van der Waals surface area contributed by atoms with Crippen molar-refractivity contribution in [2.45, 2.75) is 0 Å². The molecule has 0 bridgehead atoms. The van der Waals surface area contributed by atoms with Gasteiger partial charge in [0, 0.05) is 0 Å². The van der Waals surface area contributed by atoms with Crippen LogP contribution in [0.25, 0.3) is 0 Å². The first-order chi connectivity index (χ1) is 4.81. The van der Waals surface area contributed by atoms with Crippen molar-refractivity contribution in [1.82, 2.24) is 0 Å². The molecule has 1 aromatic rings. The number of hydrogen-bond donors (Lipinski definition) is 0. The Morgan fingerprint density at radius 1 is 1.09 bits per heavy atom. The molecule has 4 heteroatoms. The molecule has 60 valence electrons. The molecule has 0 aliphatic rings. The maximum atomic E-state index is 4.95. The standard InChI is InChI=1S/C7H7.3ClH.Zn/c1-7-5-3-2-4-6-7;;;;/h2-6H,1H2;3*1H;/q-1;;;;+2/p-2. The van der Waals surface area contributed by atoms with Crippen molar-refractivity contribution in [2.24, 2.45) is 0 Å². The second-order valence-electron chi connectivity index (χ2n) is 1.59. The van der Waals surface area contributed by atoms with Crippen LogP contribution in [0.5, 0.6) is 0 Å². The van der Waals surface area contributed by atoms with Crippen LogP contribution < -0.4 is 0 Å². The number of hydrogen-bond acceptors (Lipinski definition) is 0. The molecule has 1 rings (SSSR count). The Hall–Kier alpha value is 0.583. The molecule has 0 saturated heterocycles. The van der Waals surface area contributed by atoms with E-state index in [0.29, 0.717) is 0 Å². The van der Waals surface area contributed by atoms with Crippen molar-refractivity contribution >= 4 is 31.8 Å². The Kier molecular flexibility index (Phi) is 13.6. The number of halogens is 3. The molecule has 0 saturated carbocycles. The fourth-order valence-corrected chi connectivity index (χ4v) is 0.478. The fraction of sp³-hybridized carbons (Fsp3) is 0. The monoisotopic (exact) mass is 261 g/mol. The van der Waals surface area contributed by atoms with Crippen molar-refractivity contribution in [3.63, 3.8) is 0 Å². The first-order valence-corrected chi connectivity index (χ1v) is 10.6. The Bertz CT molecular complexity index is 155. The molecule has 0 aliphatic carbocycles. The Balaban J connectivity index is 0. The minimum absolute atomic E-state index is 0. The summed E-state index contributed by atoms with van der Waals surface area (Å²) in [6.45, 7) is 3.72. The summed E-state index contributed by atoms with van der Waals surface area (Å²) in [4.78, 5) is 0. The normalized spacial score (nSPS) is 6.36. The van der Waals surface area contributed by atoms with Crippen molar-refractivity contribution in [3.8, 4) is 0 Å². The van der Waals surface area contributed by atoms with Gasteiger partial charge in [-0.05, 0) is 0 Å². The van der Waals surface area contributed by atoms with Gasteiger partial charge in [-0.1, -0.05) is 6.07 Å². The van der Waals surface area contributed by atoms with Gasteiger partial charge in [-0.15, -0.1) is 24.5 Å². The summed E-state index contributed by atoms with van der Waals surface area (Å²) in [7, 11) is 9.90. The van der Waals surface area contributed by atoms with E-state index in [9.17, 15) is 0 Å². The van der Waals surface area contributed by atoms with Crippen LogP contribution in [0.3, 0.4) is 0 Å². The van der Waals surface area contributed by atoms with E-state index in [0.717, 1.165) is 5.56 Å². The second kappa shape index (κ2) is 10.6. The zero-order valence-electron chi connectivity index (χ0n) is 5.97. The summed E-state index contributed by atoms with van der Waals surface area (Å²) in [5, 5.41) is 0. The van der Waals surface area contributed by atoms with E-state index in [1.54, 1.807) is 0 Å². The fourth-order valence-electron chi connectivity index (χ4n) is 0.478. The predicted molar refractivity (Wildman–Crippen MR) is 49.9 cm³/mol. The summed E-state index contributed by atoms with van der Waals surface area (Å²) in [5.74, 6) is 0. The van der Waals surface area contributed by atoms with Gasteiger partial charge in [-0.25, -0.2) is 0 Å².